The van der Waals surface area contributed by atoms with E-state index in [0.717, 1.165) is 19.3 Å². The highest BCUT2D eigenvalue weighted by Gasteiger charge is 2.26. The Morgan fingerprint density at radius 1 is 1.38 bits per heavy atom. The number of nitrogens with one attached hydrogen (secondary N) is 1. The van der Waals surface area contributed by atoms with Crippen molar-refractivity contribution in [1.29, 1.82) is 0 Å². The highest BCUT2D eigenvalue weighted by Crippen LogP contribution is 2.27. The number of pyridine rings is 1. The van der Waals surface area contributed by atoms with Crippen LogP contribution in [0.3, 0.4) is 0 Å². The Morgan fingerprint density at radius 3 is 3.00 bits per heavy atom. The molecule has 6 nitrogen and oxygen atoms in total. The Bertz CT molecular complexity index is 610. The molecule has 110 valence electrons. The summed E-state index contributed by atoms with van der Waals surface area (Å²) in [4.78, 5) is 16.5. The van der Waals surface area contributed by atoms with Gasteiger partial charge in [-0.05, 0) is 37.0 Å². The SMILES string of the molecule is N[C@@H]1CCC[C@H]1CC(=O)Nc1cccnc1-n1cccn1. The second-order valence-corrected chi connectivity index (χ2v) is 5.43. The number of hydrogen-bond acceptors (Lipinski definition) is 4. The first kappa shape index (κ1) is 13.8. The second-order valence-electron chi connectivity index (χ2n) is 5.43. The summed E-state index contributed by atoms with van der Waals surface area (Å²) < 4.78 is 1.64. The van der Waals surface area contributed by atoms with Crippen LogP contribution in [-0.4, -0.2) is 26.7 Å². The second kappa shape index (κ2) is 6.05. The van der Waals surface area contributed by atoms with Crippen molar-refractivity contribution in [3.8, 4) is 5.82 Å². The topological polar surface area (TPSA) is 85.8 Å². The Labute approximate surface area is 123 Å². The van der Waals surface area contributed by atoms with Crippen LogP contribution in [0.5, 0.6) is 0 Å². The monoisotopic (exact) mass is 285 g/mol. The van der Waals surface area contributed by atoms with E-state index in [2.05, 4.69) is 15.4 Å². The summed E-state index contributed by atoms with van der Waals surface area (Å²) in [6.07, 6.45) is 8.79. The predicted molar refractivity (Wildman–Crippen MR) is 79.9 cm³/mol. The molecule has 0 aliphatic heterocycles. The van der Waals surface area contributed by atoms with Crippen LogP contribution in [0.15, 0.2) is 36.8 Å². The van der Waals surface area contributed by atoms with Crippen LogP contribution < -0.4 is 11.1 Å². The summed E-state index contributed by atoms with van der Waals surface area (Å²) in [5.74, 6) is 0.889. The highest BCUT2D eigenvalue weighted by molar-refractivity contribution is 5.92. The van der Waals surface area contributed by atoms with Crippen LogP contribution in [0.4, 0.5) is 5.69 Å². The standard InChI is InChI=1S/C15H19N5O/c16-12-5-1-4-11(12)10-14(21)19-13-6-2-7-17-15(13)20-9-3-8-18-20/h2-3,6-9,11-12H,1,4-5,10,16H2,(H,19,21)/t11-,12+/m0/s1. The molecule has 3 rings (SSSR count). The smallest absolute Gasteiger partial charge is 0.224 e. The van der Waals surface area contributed by atoms with Gasteiger partial charge in [0.2, 0.25) is 5.91 Å². The van der Waals surface area contributed by atoms with Gasteiger partial charge in [0.15, 0.2) is 5.82 Å². The first-order valence-corrected chi connectivity index (χ1v) is 7.24. The summed E-state index contributed by atoms with van der Waals surface area (Å²) in [6.45, 7) is 0. The van der Waals surface area contributed by atoms with E-state index in [1.54, 1.807) is 29.3 Å². The molecule has 0 aromatic carbocycles. The molecule has 2 aromatic rings. The average molecular weight is 285 g/mol. The van der Waals surface area contributed by atoms with Gasteiger partial charge in [0.25, 0.3) is 0 Å². The molecule has 3 N–H and O–H groups in total. The Balaban J connectivity index is 1.71. The number of nitrogens with zero attached hydrogens (tertiary/aromatic N) is 3. The largest absolute Gasteiger partial charge is 0.327 e. The van der Waals surface area contributed by atoms with Gasteiger partial charge in [-0.15, -0.1) is 0 Å². The molecule has 0 spiro atoms. The molecule has 2 aromatic heterocycles. The third kappa shape index (κ3) is 3.11. The molecule has 21 heavy (non-hydrogen) atoms. The lowest BCUT2D eigenvalue weighted by Gasteiger charge is -2.15. The third-order valence-corrected chi connectivity index (χ3v) is 3.95. The van der Waals surface area contributed by atoms with E-state index in [1.165, 1.54) is 0 Å². The lowest BCUT2D eigenvalue weighted by Crippen LogP contribution is -2.28. The van der Waals surface area contributed by atoms with Gasteiger partial charge in [-0.25, -0.2) is 9.67 Å². The fraction of sp³-hybridized carbons (Fsp3) is 0.400. The molecule has 2 heterocycles. The minimum atomic E-state index is -0.0150. The van der Waals surface area contributed by atoms with E-state index in [1.807, 2.05) is 12.1 Å². The fourth-order valence-electron chi connectivity index (χ4n) is 2.83. The Morgan fingerprint density at radius 2 is 2.29 bits per heavy atom. The van der Waals surface area contributed by atoms with Gasteiger partial charge in [-0.3, -0.25) is 4.79 Å². The number of nitrogens with two attached hydrogens (primary N) is 1. The number of amides is 1. The van der Waals surface area contributed by atoms with E-state index >= 15 is 0 Å². The minimum absolute atomic E-state index is 0.0150. The van der Waals surface area contributed by atoms with E-state index in [0.29, 0.717) is 17.9 Å². The van der Waals surface area contributed by atoms with E-state index < -0.39 is 0 Å². The van der Waals surface area contributed by atoms with Crippen molar-refractivity contribution < 1.29 is 4.79 Å². The molecule has 2 atom stereocenters. The van der Waals surface area contributed by atoms with Crippen molar-refractivity contribution in [3.05, 3.63) is 36.8 Å². The Hall–Kier alpha value is -2.21. The molecule has 1 aliphatic carbocycles. The van der Waals surface area contributed by atoms with Crippen molar-refractivity contribution in [3.63, 3.8) is 0 Å². The first-order chi connectivity index (χ1) is 10.2. The molecule has 1 aliphatic rings. The number of rotatable bonds is 4. The molecule has 0 saturated heterocycles. The van der Waals surface area contributed by atoms with Crippen LogP contribution in [0.25, 0.3) is 5.82 Å². The van der Waals surface area contributed by atoms with Gasteiger partial charge in [-0.1, -0.05) is 6.42 Å². The fourth-order valence-corrected chi connectivity index (χ4v) is 2.83. The Kier molecular flexibility index (Phi) is 3.96. The molecule has 0 bridgehead atoms. The lowest BCUT2D eigenvalue weighted by molar-refractivity contribution is -0.117. The van der Waals surface area contributed by atoms with Gasteiger partial charge in [0.1, 0.15) is 0 Å². The number of aromatic nitrogens is 3. The van der Waals surface area contributed by atoms with Crippen molar-refractivity contribution in [2.24, 2.45) is 11.7 Å². The number of hydrogen-bond donors (Lipinski definition) is 2. The predicted octanol–water partition coefficient (Wildman–Crippen LogP) is 1.72. The number of carbonyl (C=O) groups is 1. The van der Waals surface area contributed by atoms with Gasteiger partial charge >= 0.3 is 0 Å². The molecule has 1 saturated carbocycles. The van der Waals surface area contributed by atoms with Crippen LogP contribution >= 0.6 is 0 Å². The van der Waals surface area contributed by atoms with E-state index in [9.17, 15) is 4.79 Å². The van der Waals surface area contributed by atoms with Crippen LogP contribution in [0.1, 0.15) is 25.7 Å². The van der Waals surface area contributed by atoms with Crippen molar-refractivity contribution >= 4 is 11.6 Å². The summed E-state index contributed by atoms with van der Waals surface area (Å²) in [7, 11) is 0. The minimum Gasteiger partial charge on any atom is -0.327 e. The summed E-state index contributed by atoms with van der Waals surface area (Å²) in [5, 5.41) is 7.08. The third-order valence-electron chi connectivity index (χ3n) is 3.95. The molecule has 0 radical (unpaired) electrons. The van der Waals surface area contributed by atoms with E-state index in [4.69, 9.17) is 5.73 Å². The maximum absolute atomic E-state index is 12.2. The molecular weight excluding hydrogens is 266 g/mol. The van der Waals surface area contributed by atoms with Gasteiger partial charge in [0, 0.05) is 31.1 Å². The molecule has 1 fully saturated rings. The molecule has 0 unspecified atom stereocenters. The number of carbonyl (C=O) groups excluding carboxylic acids is 1. The zero-order valence-electron chi connectivity index (χ0n) is 11.8. The van der Waals surface area contributed by atoms with Crippen LogP contribution in [0.2, 0.25) is 0 Å². The van der Waals surface area contributed by atoms with E-state index in [-0.39, 0.29) is 17.9 Å². The summed E-state index contributed by atoms with van der Waals surface area (Å²) in [6, 6.07) is 5.59. The normalized spacial score (nSPS) is 21.4. The highest BCUT2D eigenvalue weighted by atomic mass is 16.1. The zero-order chi connectivity index (χ0) is 14.7. The molecule has 1 amide bonds. The molecular formula is C15H19N5O. The van der Waals surface area contributed by atoms with Crippen molar-refractivity contribution in [2.75, 3.05) is 5.32 Å². The number of anilines is 1. The van der Waals surface area contributed by atoms with Gasteiger partial charge in [0.05, 0.1) is 5.69 Å². The first-order valence-electron chi connectivity index (χ1n) is 7.24. The van der Waals surface area contributed by atoms with Gasteiger partial charge < -0.3 is 11.1 Å². The summed E-state index contributed by atoms with van der Waals surface area (Å²) >= 11 is 0. The van der Waals surface area contributed by atoms with Crippen molar-refractivity contribution in [2.45, 2.75) is 31.7 Å². The summed E-state index contributed by atoms with van der Waals surface area (Å²) in [5.41, 5.74) is 6.69. The maximum atomic E-state index is 12.2. The maximum Gasteiger partial charge on any atom is 0.224 e. The van der Waals surface area contributed by atoms with Crippen LogP contribution in [0, 0.1) is 5.92 Å². The van der Waals surface area contributed by atoms with Gasteiger partial charge in [-0.2, -0.15) is 5.10 Å². The van der Waals surface area contributed by atoms with Crippen molar-refractivity contribution in [1.82, 2.24) is 14.8 Å². The average Bonchev–Trinajstić information content (AvgIpc) is 3.12. The lowest BCUT2D eigenvalue weighted by atomic mass is 10.00. The van der Waals surface area contributed by atoms with Crippen LogP contribution in [-0.2, 0) is 4.79 Å². The molecule has 6 heteroatoms. The quantitative estimate of drug-likeness (QED) is 0.895. The zero-order valence-corrected chi connectivity index (χ0v) is 11.8.